The molecule has 3 amide bonds. The number of H-pyrrole nitrogens is 1. The zero-order chi connectivity index (χ0) is 50.8. The lowest BCUT2D eigenvalue weighted by molar-refractivity contribution is -0.645. The SMILES string of the molecule is CCC(C)C(NC(=O)c1ccc(NCc2cnc3nc(N)[nH]c(=O)c3n2)cc1)C(=O)NCCOCCNC(=O)c1cc(C)c(OC(=O)c2c3ccccc3[n+](CCCS(=O)(=O)[O-])c3ccccc23)c(C)c1. The molecule has 0 saturated carbocycles. The van der Waals surface area contributed by atoms with Gasteiger partial charge in [0.15, 0.2) is 17.7 Å². The molecular weight excluding hydrogens is 933 g/mol. The summed E-state index contributed by atoms with van der Waals surface area (Å²) < 4.78 is 47.7. The average Bonchev–Trinajstić information content (AvgIpc) is 3.34. The molecule has 7 rings (SSSR count). The highest BCUT2D eigenvalue weighted by Crippen LogP contribution is 2.30. The van der Waals surface area contributed by atoms with Crippen LogP contribution in [-0.2, 0) is 32.7 Å². The van der Waals surface area contributed by atoms with Crippen LogP contribution in [0.25, 0.3) is 33.0 Å². The maximum Gasteiger partial charge on any atom is 0.345 e. The highest BCUT2D eigenvalue weighted by atomic mass is 32.2. The van der Waals surface area contributed by atoms with Crippen molar-refractivity contribution in [2.75, 3.05) is 43.1 Å². The number of carbonyl (C=O) groups is 4. The van der Waals surface area contributed by atoms with Crippen LogP contribution in [-0.4, -0.2) is 94.7 Å². The summed E-state index contributed by atoms with van der Waals surface area (Å²) in [6, 6.07) is 23.6. The van der Waals surface area contributed by atoms with Gasteiger partial charge in [0.2, 0.25) is 22.9 Å². The molecule has 3 heterocycles. The van der Waals surface area contributed by atoms with Crippen LogP contribution < -0.4 is 41.9 Å². The summed E-state index contributed by atoms with van der Waals surface area (Å²) in [7, 11) is -4.41. The molecule has 0 aliphatic carbocycles. The number of para-hydroxylation sites is 2. The fourth-order valence-electron chi connectivity index (χ4n) is 8.07. The van der Waals surface area contributed by atoms with Crippen molar-refractivity contribution >= 4 is 78.4 Å². The minimum atomic E-state index is -4.41. The van der Waals surface area contributed by atoms with E-state index in [4.69, 9.17) is 15.2 Å². The topological polar surface area (TPSA) is 293 Å². The number of nitrogens with two attached hydrogens (primary N) is 1. The number of nitrogens with zero attached hydrogens (tertiary/aromatic N) is 4. The first kappa shape index (κ1) is 51.0. The molecule has 2 unspecified atom stereocenters. The number of rotatable bonds is 21. The van der Waals surface area contributed by atoms with Crippen molar-refractivity contribution in [3.8, 4) is 5.75 Å². The van der Waals surface area contributed by atoms with E-state index < -0.39 is 39.3 Å². The standard InChI is InChI=1S/C50H54N10O10S/c1-5-29(2)41(57-46(62)32-15-17-34(18-16-32)54-27-35-28-55-44-42(56-35)48(64)59-50(51)58-44)47(63)53-20-23-69-22-19-52-45(61)33-25-30(3)43(31(4)26-33)70-49(65)40-36-11-6-8-13-38(36)60(21-10-24-71(66,67)68)39-14-9-7-12-37(39)40/h6-9,11-18,25-26,28-29,41H,5,10,19-24,27H2,1-4H3,(H7-,51,52,53,54,55,57,58,59,61,62,63,64,66,67,68). The molecule has 370 valence electrons. The van der Waals surface area contributed by atoms with Crippen LogP contribution in [0.5, 0.6) is 5.75 Å². The molecule has 0 bridgehead atoms. The molecule has 0 radical (unpaired) electrons. The van der Waals surface area contributed by atoms with Crippen molar-refractivity contribution in [1.82, 2.24) is 35.9 Å². The van der Waals surface area contributed by atoms with Gasteiger partial charge < -0.3 is 41.0 Å². The number of nitrogen functional groups attached to an aromatic ring is 1. The molecule has 0 aliphatic rings. The van der Waals surface area contributed by atoms with Crippen LogP contribution in [0.1, 0.15) is 74.6 Å². The molecular formula is C50H54N10O10S. The second-order valence-electron chi connectivity index (χ2n) is 16.9. The highest BCUT2D eigenvalue weighted by molar-refractivity contribution is 7.85. The van der Waals surface area contributed by atoms with Gasteiger partial charge in [-0.05, 0) is 79.4 Å². The number of hydrogen-bond donors (Lipinski definition) is 6. The number of hydrogen-bond acceptors (Lipinski definition) is 15. The van der Waals surface area contributed by atoms with Gasteiger partial charge in [-0.2, -0.15) is 9.55 Å². The third kappa shape index (κ3) is 12.7. The highest BCUT2D eigenvalue weighted by Gasteiger charge is 2.28. The quantitative estimate of drug-likeness (QED) is 0.0148. The van der Waals surface area contributed by atoms with E-state index in [1.54, 1.807) is 74.5 Å². The number of aromatic nitrogens is 5. The van der Waals surface area contributed by atoms with Crippen molar-refractivity contribution < 1.29 is 46.2 Å². The number of esters is 1. The minimum Gasteiger partial charge on any atom is -0.748 e. The Kier molecular flexibility index (Phi) is 16.3. The first-order chi connectivity index (χ1) is 34.0. The molecule has 0 spiro atoms. The second kappa shape index (κ2) is 22.7. The Morgan fingerprint density at radius 3 is 2.13 bits per heavy atom. The molecule has 0 aliphatic heterocycles. The summed E-state index contributed by atoms with van der Waals surface area (Å²) in [5.41, 5.74) is 9.94. The Hall–Kier alpha value is -7.88. The fraction of sp³-hybridized carbons (Fsp3) is 0.300. The third-order valence-corrected chi connectivity index (χ3v) is 12.6. The minimum absolute atomic E-state index is 0.0499. The summed E-state index contributed by atoms with van der Waals surface area (Å²) in [6.07, 6.45) is 2.21. The number of amides is 3. The Labute approximate surface area is 408 Å². The Balaban J connectivity index is 0.868. The third-order valence-electron chi connectivity index (χ3n) is 11.8. The maximum atomic E-state index is 14.1. The lowest BCUT2D eigenvalue weighted by Crippen LogP contribution is -2.50. The summed E-state index contributed by atoms with van der Waals surface area (Å²) >= 11 is 0. The van der Waals surface area contributed by atoms with E-state index in [1.165, 1.54) is 6.20 Å². The van der Waals surface area contributed by atoms with Crippen molar-refractivity contribution in [1.29, 1.82) is 0 Å². The van der Waals surface area contributed by atoms with Crippen molar-refractivity contribution in [3.05, 3.63) is 135 Å². The number of benzene rings is 4. The number of fused-ring (bicyclic) bond motifs is 3. The summed E-state index contributed by atoms with van der Waals surface area (Å²) in [5.74, 6) is -2.20. The van der Waals surface area contributed by atoms with Crippen LogP contribution in [0.15, 0.2) is 95.9 Å². The molecule has 7 aromatic rings. The van der Waals surface area contributed by atoms with Crippen molar-refractivity contribution in [3.63, 3.8) is 0 Å². The second-order valence-corrected chi connectivity index (χ2v) is 18.4. The Morgan fingerprint density at radius 1 is 0.859 bits per heavy atom. The molecule has 20 nitrogen and oxygen atoms in total. The average molecular weight is 987 g/mol. The first-order valence-corrected chi connectivity index (χ1v) is 24.5. The number of pyridine rings is 1. The molecule has 0 fully saturated rings. The van der Waals surface area contributed by atoms with E-state index >= 15 is 0 Å². The first-order valence-electron chi connectivity index (χ1n) is 22.9. The van der Waals surface area contributed by atoms with E-state index in [0.717, 1.165) is 0 Å². The number of nitrogens with one attached hydrogen (secondary N) is 5. The lowest BCUT2D eigenvalue weighted by atomic mass is 9.98. The van der Waals surface area contributed by atoms with Crippen LogP contribution in [0.4, 0.5) is 11.6 Å². The summed E-state index contributed by atoms with van der Waals surface area (Å²) in [4.78, 5) is 80.9. The van der Waals surface area contributed by atoms with E-state index in [2.05, 4.69) is 41.2 Å². The van der Waals surface area contributed by atoms with Gasteiger partial charge in [0.1, 0.15) is 11.8 Å². The van der Waals surface area contributed by atoms with Gasteiger partial charge in [0, 0.05) is 54.2 Å². The van der Waals surface area contributed by atoms with Crippen LogP contribution in [0.3, 0.4) is 0 Å². The largest absolute Gasteiger partial charge is 0.748 e. The number of aromatic amines is 1. The number of carbonyl (C=O) groups excluding carboxylic acids is 4. The summed E-state index contributed by atoms with van der Waals surface area (Å²) in [5, 5.41) is 12.9. The molecule has 71 heavy (non-hydrogen) atoms. The van der Waals surface area contributed by atoms with Gasteiger partial charge in [0.05, 0.1) is 58.1 Å². The molecule has 2 atom stereocenters. The molecule has 0 saturated heterocycles. The van der Waals surface area contributed by atoms with Gasteiger partial charge in [-0.15, -0.1) is 0 Å². The smallest absolute Gasteiger partial charge is 0.345 e. The van der Waals surface area contributed by atoms with E-state index in [1.807, 2.05) is 42.7 Å². The molecule has 4 aromatic carbocycles. The fourth-order valence-corrected chi connectivity index (χ4v) is 8.56. The van der Waals surface area contributed by atoms with Crippen molar-refractivity contribution in [2.24, 2.45) is 5.92 Å². The van der Waals surface area contributed by atoms with Gasteiger partial charge in [0.25, 0.3) is 17.4 Å². The van der Waals surface area contributed by atoms with Gasteiger partial charge in [-0.3, -0.25) is 24.2 Å². The molecule has 21 heteroatoms. The molecule has 7 N–H and O–H groups in total. The Bertz CT molecular complexity index is 3230. The van der Waals surface area contributed by atoms with Gasteiger partial charge in [-0.25, -0.2) is 23.2 Å². The van der Waals surface area contributed by atoms with E-state index in [0.29, 0.717) is 73.2 Å². The van der Waals surface area contributed by atoms with Crippen LogP contribution in [0, 0.1) is 19.8 Å². The molecule has 3 aromatic heterocycles. The predicted molar refractivity (Wildman–Crippen MR) is 265 cm³/mol. The normalized spacial score (nSPS) is 12.4. The zero-order valence-corrected chi connectivity index (χ0v) is 40.4. The van der Waals surface area contributed by atoms with Crippen LogP contribution in [0.2, 0.25) is 0 Å². The monoisotopic (exact) mass is 986 g/mol. The van der Waals surface area contributed by atoms with E-state index in [-0.39, 0.29) is 80.7 Å². The predicted octanol–water partition coefficient (Wildman–Crippen LogP) is 3.98. The van der Waals surface area contributed by atoms with E-state index in [9.17, 15) is 36.9 Å². The number of anilines is 2. The Morgan fingerprint density at radius 2 is 1.49 bits per heavy atom. The van der Waals surface area contributed by atoms with Gasteiger partial charge >= 0.3 is 5.97 Å². The number of aryl methyl sites for hydroxylation is 3. The van der Waals surface area contributed by atoms with Crippen LogP contribution >= 0.6 is 0 Å². The maximum absolute atomic E-state index is 14.1. The summed E-state index contributed by atoms with van der Waals surface area (Å²) in [6.45, 7) is 8.41. The zero-order valence-electron chi connectivity index (χ0n) is 39.5. The lowest BCUT2D eigenvalue weighted by Gasteiger charge is -2.23. The van der Waals surface area contributed by atoms with Gasteiger partial charge in [-0.1, -0.05) is 44.5 Å². The van der Waals surface area contributed by atoms with Crippen molar-refractivity contribution in [2.45, 2.75) is 59.7 Å². The number of ether oxygens (including phenoxy) is 2.